The van der Waals surface area contributed by atoms with Gasteiger partial charge in [0.05, 0.1) is 0 Å². The van der Waals surface area contributed by atoms with E-state index in [4.69, 9.17) is 0 Å². The molecule has 0 saturated heterocycles. The third-order valence-corrected chi connectivity index (χ3v) is 0.767. The SMILES string of the molecule is CCC#COC(=O)C[S]. The average molecular weight is 143 g/mol. The van der Waals surface area contributed by atoms with Crippen molar-refractivity contribution < 1.29 is 9.53 Å². The molecule has 0 aromatic carbocycles. The fourth-order valence-corrected chi connectivity index (χ4v) is 0.254. The van der Waals surface area contributed by atoms with Gasteiger partial charge in [-0.05, 0) is 0 Å². The summed E-state index contributed by atoms with van der Waals surface area (Å²) < 4.78 is 4.33. The lowest BCUT2D eigenvalue weighted by Crippen LogP contribution is -1.99. The Balaban J connectivity index is 3.37. The predicted octanol–water partition coefficient (Wildman–Crippen LogP) is 1.10. The van der Waals surface area contributed by atoms with Crippen LogP contribution < -0.4 is 0 Å². The molecular formula is C6H7O2S. The molecule has 0 amide bonds. The van der Waals surface area contributed by atoms with E-state index < -0.39 is 5.97 Å². The van der Waals surface area contributed by atoms with Crippen LogP contribution in [0.25, 0.3) is 0 Å². The topological polar surface area (TPSA) is 26.3 Å². The molecule has 0 aromatic rings. The minimum Gasteiger partial charge on any atom is -0.371 e. The van der Waals surface area contributed by atoms with E-state index in [2.05, 4.69) is 29.4 Å². The van der Waals surface area contributed by atoms with Crippen molar-refractivity contribution in [1.82, 2.24) is 0 Å². The predicted molar refractivity (Wildman–Crippen MR) is 36.6 cm³/mol. The van der Waals surface area contributed by atoms with Crippen molar-refractivity contribution in [2.24, 2.45) is 0 Å². The molecule has 0 aliphatic rings. The summed E-state index contributed by atoms with van der Waals surface area (Å²) in [6.45, 7) is 1.87. The van der Waals surface area contributed by atoms with Gasteiger partial charge in [-0.2, -0.15) is 0 Å². The lowest BCUT2D eigenvalue weighted by atomic mass is 10.5. The average Bonchev–Trinajstić information content (AvgIpc) is 1.89. The molecule has 3 heteroatoms. The zero-order chi connectivity index (χ0) is 7.11. The summed E-state index contributed by atoms with van der Waals surface area (Å²) in [5.41, 5.74) is 0. The maximum Gasteiger partial charge on any atom is 0.330 e. The minimum absolute atomic E-state index is 0.0294. The highest BCUT2D eigenvalue weighted by Crippen LogP contribution is 1.79. The van der Waals surface area contributed by atoms with Crippen molar-refractivity contribution in [3.8, 4) is 12.0 Å². The number of carbonyl (C=O) groups excluding carboxylic acids is 1. The molecule has 1 radical (unpaired) electrons. The normalized spacial score (nSPS) is 7.33. The Morgan fingerprint density at radius 2 is 2.44 bits per heavy atom. The Bertz CT molecular complexity index is 143. The van der Waals surface area contributed by atoms with Gasteiger partial charge in [-0.1, -0.05) is 25.5 Å². The van der Waals surface area contributed by atoms with Crippen LogP contribution in [0.1, 0.15) is 13.3 Å². The molecule has 2 nitrogen and oxygen atoms in total. The summed E-state index contributed by atoms with van der Waals surface area (Å²) in [6.07, 6.45) is 2.90. The Morgan fingerprint density at radius 3 is 2.89 bits per heavy atom. The molecule has 0 aliphatic carbocycles. The molecule has 0 bridgehead atoms. The molecule has 0 aromatic heterocycles. The van der Waals surface area contributed by atoms with Crippen LogP contribution >= 0.6 is 12.6 Å². The number of rotatable bonds is 1. The highest BCUT2D eigenvalue weighted by atomic mass is 32.1. The Morgan fingerprint density at radius 1 is 1.78 bits per heavy atom. The standard InChI is InChI=1S/C6H7O2S/c1-2-3-4-8-6(7)5-9/h2,5H2,1H3. The van der Waals surface area contributed by atoms with Crippen LogP contribution in [-0.2, 0) is 9.53 Å². The van der Waals surface area contributed by atoms with Crippen molar-refractivity contribution >= 4 is 18.6 Å². The molecule has 0 N–H and O–H groups in total. The van der Waals surface area contributed by atoms with E-state index in [9.17, 15) is 4.79 Å². The highest BCUT2D eigenvalue weighted by Gasteiger charge is 1.93. The van der Waals surface area contributed by atoms with Gasteiger partial charge in [0.1, 0.15) is 11.9 Å². The first kappa shape index (κ1) is 8.38. The summed E-state index contributed by atoms with van der Waals surface area (Å²) in [5.74, 6) is 2.09. The number of hydrogen-bond donors (Lipinski definition) is 0. The molecule has 0 aliphatic heterocycles. The summed E-state index contributed by atoms with van der Waals surface area (Å²) in [4.78, 5) is 10.3. The van der Waals surface area contributed by atoms with E-state index in [1.807, 2.05) is 6.92 Å². The summed E-state index contributed by atoms with van der Waals surface area (Å²) >= 11 is 4.38. The lowest BCUT2D eigenvalue weighted by molar-refractivity contribution is -0.133. The van der Waals surface area contributed by atoms with Crippen molar-refractivity contribution in [3.05, 3.63) is 0 Å². The molecule has 0 rings (SSSR count). The van der Waals surface area contributed by atoms with Crippen LogP contribution in [-0.4, -0.2) is 11.7 Å². The summed E-state index contributed by atoms with van der Waals surface area (Å²) in [7, 11) is 0. The van der Waals surface area contributed by atoms with Crippen molar-refractivity contribution in [2.75, 3.05) is 5.75 Å². The van der Waals surface area contributed by atoms with E-state index in [-0.39, 0.29) is 5.75 Å². The van der Waals surface area contributed by atoms with Crippen LogP contribution in [0.3, 0.4) is 0 Å². The first-order valence-electron chi connectivity index (χ1n) is 2.57. The van der Waals surface area contributed by atoms with E-state index >= 15 is 0 Å². The lowest BCUT2D eigenvalue weighted by Gasteiger charge is -1.85. The van der Waals surface area contributed by atoms with E-state index in [0.29, 0.717) is 6.42 Å². The maximum atomic E-state index is 10.3. The second-order valence-corrected chi connectivity index (χ2v) is 1.54. The van der Waals surface area contributed by atoms with Gasteiger partial charge in [-0.25, -0.2) is 4.79 Å². The molecule has 0 saturated carbocycles. The molecule has 9 heavy (non-hydrogen) atoms. The van der Waals surface area contributed by atoms with Gasteiger partial charge in [-0.15, -0.1) is 0 Å². The highest BCUT2D eigenvalue weighted by molar-refractivity contribution is 7.81. The van der Waals surface area contributed by atoms with Gasteiger partial charge >= 0.3 is 5.97 Å². The van der Waals surface area contributed by atoms with Gasteiger partial charge in [0.25, 0.3) is 0 Å². The molecule has 0 atom stereocenters. The van der Waals surface area contributed by atoms with Gasteiger partial charge in [0, 0.05) is 6.42 Å². The van der Waals surface area contributed by atoms with Gasteiger partial charge in [0.2, 0.25) is 0 Å². The second-order valence-electron chi connectivity index (χ2n) is 1.25. The fourth-order valence-electron chi connectivity index (χ4n) is 0.195. The van der Waals surface area contributed by atoms with Crippen LogP contribution in [0.4, 0.5) is 0 Å². The van der Waals surface area contributed by atoms with Crippen molar-refractivity contribution in [1.29, 1.82) is 0 Å². The first-order chi connectivity index (χ1) is 4.31. The first-order valence-corrected chi connectivity index (χ1v) is 3.14. The third kappa shape index (κ3) is 5.25. The zero-order valence-corrected chi connectivity index (χ0v) is 5.96. The Hall–Kier alpha value is -0.620. The van der Waals surface area contributed by atoms with Crippen molar-refractivity contribution in [3.63, 3.8) is 0 Å². The van der Waals surface area contributed by atoms with Crippen LogP contribution in [0, 0.1) is 12.0 Å². The van der Waals surface area contributed by atoms with Gasteiger partial charge < -0.3 is 4.74 Å². The largest absolute Gasteiger partial charge is 0.371 e. The molecule has 0 spiro atoms. The van der Waals surface area contributed by atoms with Gasteiger partial charge in [0.15, 0.2) is 0 Å². The van der Waals surface area contributed by atoms with Gasteiger partial charge in [-0.3, -0.25) is 0 Å². The molecular weight excluding hydrogens is 136 g/mol. The molecule has 0 fully saturated rings. The van der Waals surface area contributed by atoms with Crippen LogP contribution in [0.5, 0.6) is 0 Å². The molecule has 0 heterocycles. The van der Waals surface area contributed by atoms with E-state index in [1.54, 1.807) is 0 Å². The second kappa shape index (κ2) is 5.52. The van der Waals surface area contributed by atoms with Crippen molar-refractivity contribution in [2.45, 2.75) is 13.3 Å². The Labute approximate surface area is 60.0 Å². The van der Waals surface area contributed by atoms with Crippen LogP contribution in [0.2, 0.25) is 0 Å². The quantitative estimate of drug-likeness (QED) is 0.406. The minimum atomic E-state index is -0.453. The zero-order valence-electron chi connectivity index (χ0n) is 5.14. The van der Waals surface area contributed by atoms with Crippen LogP contribution in [0.15, 0.2) is 0 Å². The van der Waals surface area contributed by atoms with E-state index in [1.165, 1.54) is 0 Å². The summed E-state index contributed by atoms with van der Waals surface area (Å²) in [6, 6.07) is 0. The third-order valence-electron chi connectivity index (χ3n) is 0.532. The molecule has 49 valence electrons. The number of esters is 1. The number of hydrogen-bond acceptors (Lipinski definition) is 2. The maximum absolute atomic E-state index is 10.3. The Kier molecular flexibility index (Phi) is 5.14. The monoisotopic (exact) mass is 143 g/mol. The number of carbonyl (C=O) groups is 1. The fraction of sp³-hybridized carbons (Fsp3) is 0.500. The smallest absolute Gasteiger partial charge is 0.330 e. The number of ether oxygens (including phenoxy) is 1. The molecule has 0 unspecified atom stereocenters. The van der Waals surface area contributed by atoms with E-state index in [0.717, 1.165) is 0 Å². The summed E-state index contributed by atoms with van der Waals surface area (Å²) in [5, 5.41) is 0.